The van der Waals surface area contributed by atoms with Crippen molar-refractivity contribution in [3.8, 4) is 0 Å². The molecule has 27 heavy (non-hydrogen) atoms. The van der Waals surface area contributed by atoms with Gasteiger partial charge in [-0.05, 0) is 37.5 Å². The van der Waals surface area contributed by atoms with E-state index in [-0.39, 0.29) is 23.9 Å². The highest BCUT2D eigenvalue weighted by molar-refractivity contribution is 5.97. The minimum absolute atomic E-state index is 0.00661. The molecule has 1 saturated heterocycles. The first-order valence-corrected chi connectivity index (χ1v) is 9.43. The third-order valence-electron chi connectivity index (χ3n) is 5.81. The molecule has 2 aromatic rings. The van der Waals surface area contributed by atoms with Gasteiger partial charge in [0, 0.05) is 31.7 Å². The van der Waals surface area contributed by atoms with Gasteiger partial charge in [0.2, 0.25) is 5.91 Å². The van der Waals surface area contributed by atoms with Gasteiger partial charge in [-0.3, -0.25) is 14.5 Å². The number of hydrogen-bond acceptors (Lipinski definition) is 5. The molecule has 0 unspecified atom stereocenters. The highest BCUT2D eigenvalue weighted by Crippen LogP contribution is 2.28. The molecule has 8 heteroatoms. The monoisotopic (exact) mass is 371 g/mol. The number of likely N-dealkylation sites (N-methyl/N-ethyl adjacent to an activating group) is 1. The molecular formula is C19H25N5O3. The largest absolute Gasteiger partial charge is 0.389 e. The van der Waals surface area contributed by atoms with E-state index in [1.54, 1.807) is 30.4 Å². The second-order valence-corrected chi connectivity index (χ2v) is 7.43. The fourth-order valence-electron chi connectivity index (χ4n) is 4.32. The summed E-state index contributed by atoms with van der Waals surface area (Å²) in [5.41, 5.74) is 2.20. The van der Waals surface area contributed by atoms with E-state index >= 15 is 0 Å². The number of carbonyl (C=O) groups excluding carboxylic acids is 2. The van der Waals surface area contributed by atoms with E-state index in [4.69, 9.17) is 0 Å². The molecule has 1 aromatic heterocycles. The van der Waals surface area contributed by atoms with Crippen molar-refractivity contribution in [2.75, 3.05) is 26.7 Å². The predicted molar refractivity (Wildman–Crippen MR) is 100 cm³/mol. The normalized spacial score (nSPS) is 26.7. The number of piperazine rings is 1. The van der Waals surface area contributed by atoms with Crippen LogP contribution < -0.4 is 5.32 Å². The molecule has 4 rings (SSSR count). The lowest BCUT2D eigenvalue weighted by atomic mass is 9.85. The molecule has 0 radical (unpaired) electrons. The Morgan fingerprint density at radius 1 is 1.37 bits per heavy atom. The SMILES string of the molecule is CN(C(=O)c1ccc2nc[nH]c2c1)[C@@H]1CCC[C@@H](N2CCNC(=O)C2)[C@@H]1O. The predicted octanol–water partition coefficient (Wildman–Crippen LogP) is 0.349. The number of aromatic amines is 1. The number of aliphatic hydroxyl groups is 1. The Morgan fingerprint density at radius 3 is 3.04 bits per heavy atom. The average Bonchev–Trinajstić information content (AvgIpc) is 3.15. The Bertz CT molecular complexity index is 851. The van der Waals surface area contributed by atoms with E-state index in [0.717, 1.165) is 36.8 Å². The first-order valence-electron chi connectivity index (χ1n) is 9.43. The maximum atomic E-state index is 13.0. The molecule has 3 atom stereocenters. The molecule has 2 heterocycles. The molecule has 0 bridgehead atoms. The van der Waals surface area contributed by atoms with Gasteiger partial charge in [0.25, 0.3) is 5.91 Å². The van der Waals surface area contributed by atoms with Crippen molar-refractivity contribution in [1.82, 2.24) is 25.1 Å². The summed E-state index contributed by atoms with van der Waals surface area (Å²) >= 11 is 0. The van der Waals surface area contributed by atoms with Crippen molar-refractivity contribution < 1.29 is 14.7 Å². The van der Waals surface area contributed by atoms with Crippen LogP contribution in [0, 0.1) is 0 Å². The van der Waals surface area contributed by atoms with Gasteiger partial charge in [0.1, 0.15) is 0 Å². The molecule has 1 aliphatic heterocycles. The third-order valence-corrected chi connectivity index (χ3v) is 5.81. The van der Waals surface area contributed by atoms with Crippen LogP contribution in [0.5, 0.6) is 0 Å². The summed E-state index contributed by atoms with van der Waals surface area (Å²) in [6.07, 6.45) is 3.45. The van der Waals surface area contributed by atoms with Crippen LogP contribution in [0.2, 0.25) is 0 Å². The number of nitrogens with zero attached hydrogens (tertiary/aromatic N) is 3. The minimum Gasteiger partial charge on any atom is -0.389 e. The first kappa shape index (κ1) is 17.9. The van der Waals surface area contributed by atoms with Crippen molar-refractivity contribution in [2.24, 2.45) is 0 Å². The lowest BCUT2D eigenvalue weighted by Crippen LogP contribution is -2.61. The summed E-state index contributed by atoms with van der Waals surface area (Å²) in [6, 6.07) is 5.02. The summed E-state index contributed by atoms with van der Waals surface area (Å²) in [7, 11) is 1.75. The number of benzene rings is 1. The lowest BCUT2D eigenvalue weighted by Gasteiger charge is -2.45. The molecule has 2 aliphatic rings. The van der Waals surface area contributed by atoms with Crippen molar-refractivity contribution >= 4 is 22.8 Å². The number of fused-ring (bicyclic) bond motifs is 1. The number of H-pyrrole nitrogens is 1. The van der Waals surface area contributed by atoms with Crippen LogP contribution in [0.15, 0.2) is 24.5 Å². The number of amides is 2. The Kier molecular flexibility index (Phi) is 4.84. The second-order valence-electron chi connectivity index (χ2n) is 7.43. The van der Waals surface area contributed by atoms with Crippen LogP contribution in [0.4, 0.5) is 0 Å². The number of hydrogen-bond donors (Lipinski definition) is 3. The molecule has 8 nitrogen and oxygen atoms in total. The third kappa shape index (κ3) is 3.42. The van der Waals surface area contributed by atoms with Gasteiger partial charge >= 0.3 is 0 Å². The van der Waals surface area contributed by atoms with E-state index in [2.05, 4.69) is 15.3 Å². The molecule has 3 N–H and O–H groups in total. The fraction of sp³-hybridized carbons (Fsp3) is 0.526. The Labute approximate surface area is 157 Å². The Balaban J connectivity index is 1.50. The zero-order valence-corrected chi connectivity index (χ0v) is 15.4. The van der Waals surface area contributed by atoms with Crippen molar-refractivity contribution in [3.63, 3.8) is 0 Å². The summed E-state index contributed by atoms with van der Waals surface area (Å²) in [4.78, 5) is 35.6. The van der Waals surface area contributed by atoms with Crippen LogP contribution >= 0.6 is 0 Å². The molecule has 1 saturated carbocycles. The molecule has 0 spiro atoms. The standard InChI is InChI=1S/C19H25N5O3/c1-23(19(27)12-5-6-13-14(9-12)22-11-21-13)15-3-2-4-16(18(15)26)24-8-7-20-17(25)10-24/h5-6,9,11,15-16,18,26H,2-4,7-8,10H2,1H3,(H,20,25)(H,21,22)/t15-,16-,18-/m1/s1. The average molecular weight is 371 g/mol. The van der Waals surface area contributed by atoms with Crippen molar-refractivity contribution in [2.45, 2.75) is 37.5 Å². The first-order chi connectivity index (χ1) is 13.0. The number of aliphatic hydroxyl groups excluding tert-OH is 1. The van der Waals surface area contributed by atoms with E-state index in [1.807, 2.05) is 11.0 Å². The number of nitrogens with one attached hydrogen (secondary N) is 2. The van der Waals surface area contributed by atoms with Crippen molar-refractivity contribution in [3.05, 3.63) is 30.1 Å². The second kappa shape index (κ2) is 7.28. The van der Waals surface area contributed by atoms with Crippen molar-refractivity contribution in [1.29, 1.82) is 0 Å². The number of aromatic nitrogens is 2. The Morgan fingerprint density at radius 2 is 2.22 bits per heavy atom. The van der Waals surface area contributed by atoms with Gasteiger partial charge in [-0.2, -0.15) is 0 Å². The minimum atomic E-state index is -0.672. The summed E-state index contributed by atoms with van der Waals surface area (Å²) in [5, 5.41) is 13.8. The van der Waals surface area contributed by atoms with Gasteiger partial charge < -0.3 is 20.3 Å². The van der Waals surface area contributed by atoms with Crippen LogP contribution in [0.1, 0.15) is 29.6 Å². The van der Waals surface area contributed by atoms with Crippen LogP contribution in [0.25, 0.3) is 11.0 Å². The van der Waals surface area contributed by atoms with Gasteiger partial charge in [-0.15, -0.1) is 0 Å². The van der Waals surface area contributed by atoms with Gasteiger partial charge in [0.15, 0.2) is 0 Å². The maximum absolute atomic E-state index is 13.0. The summed E-state index contributed by atoms with van der Waals surface area (Å²) in [5.74, 6) is -0.125. The highest BCUT2D eigenvalue weighted by Gasteiger charge is 2.40. The van der Waals surface area contributed by atoms with E-state index in [1.165, 1.54) is 0 Å². The van der Waals surface area contributed by atoms with Gasteiger partial charge in [0.05, 0.1) is 36.1 Å². The smallest absolute Gasteiger partial charge is 0.254 e. The zero-order chi connectivity index (χ0) is 19.0. The van der Waals surface area contributed by atoms with Gasteiger partial charge in [-0.1, -0.05) is 0 Å². The summed E-state index contributed by atoms with van der Waals surface area (Å²) in [6.45, 7) is 1.64. The van der Waals surface area contributed by atoms with Gasteiger partial charge in [-0.25, -0.2) is 4.98 Å². The number of rotatable bonds is 3. The number of carbonyl (C=O) groups is 2. The van der Waals surface area contributed by atoms with E-state index in [0.29, 0.717) is 18.7 Å². The zero-order valence-electron chi connectivity index (χ0n) is 15.4. The van der Waals surface area contributed by atoms with Crippen LogP contribution in [0.3, 0.4) is 0 Å². The quantitative estimate of drug-likeness (QED) is 0.723. The maximum Gasteiger partial charge on any atom is 0.254 e. The molecule has 2 amide bonds. The lowest BCUT2D eigenvalue weighted by molar-refractivity contribution is -0.127. The molecule has 2 fully saturated rings. The Hall–Kier alpha value is -2.45. The summed E-state index contributed by atoms with van der Waals surface area (Å²) < 4.78 is 0. The van der Waals surface area contributed by atoms with E-state index in [9.17, 15) is 14.7 Å². The number of imidazole rings is 1. The molecule has 1 aromatic carbocycles. The molecule has 1 aliphatic carbocycles. The topological polar surface area (TPSA) is 102 Å². The molecule has 144 valence electrons. The molecular weight excluding hydrogens is 346 g/mol. The van der Waals surface area contributed by atoms with Crippen LogP contribution in [-0.2, 0) is 4.79 Å². The van der Waals surface area contributed by atoms with E-state index < -0.39 is 6.10 Å². The fourth-order valence-corrected chi connectivity index (χ4v) is 4.32. The van der Waals surface area contributed by atoms with Crippen LogP contribution in [-0.4, -0.2) is 81.6 Å². The highest BCUT2D eigenvalue weighted by atomic mass is 16.3.